The molecule has 13 heavy (non-hydrogen) atoms. The van der Waals surface area contributed by atoms with E-state index in [0.29, 0.717) is 4.88 Å². The summed E-state index contributed by atoms with van der Waals surface area (Å²) in [6.07, 6.45) is 2.05. The number of esters is 1. The second-order valence-electron chi connectivity index (χ2n) is 2.84. The molecule has 0 radical (unpaired) electrons. The van der Waals surface area contributed by atoms with Crippen LogP contribution in [0, 0.1) is 0 Å². The SMILES string of the molecule is COC(=O)c1cc2c(s1)CCCO2. The van der Waals surface area contributed by atoms with Crippen LogP contribution in [0.5, 0.6) is 5.75 Å². The lowest BCUT2D eigenvalue weighted by Crippen LogP contribution is -2.04. The second kappa shape index (κ2) is 3.38. The van der Waals surface area contributed by atoms with Gasteiger partial charge in [-0.15, -0.1) is 11.3 Å². The van der Waals surface area contributed by atoms with E-state index in [9.17, 15) is 4.79 Å². The molecule has 1 aromatic heterocycles. The van der Waals surface area contributed by atoms with Gasteiger partial charge >= 0.3 is 5.97 Å². The Morgan fingerprint density at radius 1 is 1.69 bits per heavy atom. The summed E-state index contributed by atoms with van der Waals surface area (Å²) < 4.78 is 10.0. The van der Waals surface area contributed by atoms with Gasteiger partial charge in [-0.2, -0.15) is 0 Å². The Morgan fingerprint density at radius 3 is 3.23 bits per heavy atom. The number of carbonyl (C=O) groups excluding carboxylic acids is 1. The van der Waals surface area contributed by atoms with Crippen LogP contribution >= 0.6 is 11.3 Å². The molecular weight excluding hydrogens is 188 g/mol. The first kappa shape index (κ1) is 8.56. The Kier molecular flexibility index (Phi) is 2.22. The number of hydrogen-bond acceptors (Lipinski definition) is 4. The summed E-state index contributed by atoms with van der Waals surface area (Å²) in [5.41, 5.74) is 0. The zero-order valence-corrected chi connectivity index (χ0v) is 8.15. The predicted molar refractivity (Wildman–Crippen MR) is 49.5 cm³/mol. The van der Waals surface area contributed by atoms with Gasteiger partial charge in [-0.3, -0.25) is 0 Å². The molecule has 1 aliphatic rings. The van der Waals surface area contributed by atoms with Gasteiger partial charge in [0.25, 0.3) is 0 Å². The van der Waals surface area contributed by atoms with Gasteiger partial charge in [0, 0.05) is 10.9 Å². The maximum Gasteiger partial charge on any atom is 0.348 e. The summed E-state index contributed by atoms with van der Waals surface area (Å²) >= 11 is 1.47. The lowest BCUT2D eigenvalue weighted by atomic mass is 10.2. The van der Waals surface area contributed by atoms with Crippen LogP contribution in [-0.2, 0) is 11.2 Å². The van der Waals surface area contributed by atoms with E-state index in [-0.39, 0.29) is 5.97 Å². The third-order valence-electron chi connectivity index (χ3n) is 1.96. The third kappa shape index (κ3) is 1.54. The van der Waals surface area contributed by atoms with Crippen LogP contribution < -0.4 is 4.74 Å². The molecule has 2 heterocycles. The molecular formula is C9H10O3S. The number of hydrogen-bond donors (Lipinski definition) is 0. The number of ether oxygens (including phenoxy) is 2. The lowest BCUT2D eigenvalue weighted by molar-refractivity contribution is 0.0606. The van der Waals surface area contributed by atoms with Crippen molar-refractivity contribution in [2.75, 3.05) is 13.7 Å². The minimum absolute atomic E-state index is 0.275. The van der Waals surface area contributed by atoms with Crippen LogP contribution in [0.2, 0.25) is 0 Å². The summed E-state index contributed by atoms with van der Waals surface area (Å²) in [4.78, 5) is 13.0. The highest BCUT2D eigenvalue weighted by Crippen LogP contribution is 2.33. The number of carbonyl (C=O) groups is 1. The van der Waals surface area contributed by atoms with Crippen LogP contribution in [0.4, 0.5) is 0 Å². The highest BCUT2D eigenvalue weighted by molar-refractivity contribution is 7.14. The van der Waals surface area contributed by atoms with Crippen LogP contribution in [0.15, 0.2) is 6.07 Å². The zero-order valence-electron chi connectivity index (χ0n) is 7.33. The topological polar surface area (TPSA) is 35.5 Å². The van der Waals surface area contributed by atoms with Crippen molar-refractivity contribution in [1.29, 1.82) is 0 Å². The Balaban J connectivity index is 2.30. The standard InChI is InChI=1S/C9H10O3S/c1-11-9(10)8-5-6-7(13-8)3-2-4-12-6/h5H,2-4H2,1H3. The van der Waals surface area contributed by atoms with Gasteiger partial charge in [0.15, 0.2) is 0 Å². The zero-order chi connectivity index (χ0) is 9.26. The maximum absolute atomic E-state index is 11.2. The van der Waals surface area contributed by atoms with E-state index in [1.54, 1.807) is 6.07 Å². The first-order valence-corrected chi connectivity index (χ1v) is 4.96. The molecule has 1 aliphatic heterocycles. The molecule has 0 saturated heterocycles. The van der Waals surface area contributed by atoms with Crippen LogP contribution in [0.1, 0.15) is 21.0 Å². The number of rotatable bonds is 1. The van der Waals surface area contributed by atoms with Crippen LogP contribution in [-0.4, -0.2) is 19.7 Å². The van der Waals surface area contributed by atoms with Crippen molar-refractivity contribution in [3.05, 3.63) is 15.8 Å². The minimum atomic E-state index is -0.275. The van der Waals surface area contributed by atoms with Crippen LogP contribution in [0.3, 0.4) is 0 Å². The van der Waals surface area contributed by atoms with E-state index in [4.69, 9.17) is 4.74 Å². The van der Waals surface area contributed by atoms with Gasteiger partial charge in [0.1, 0.15) is 10.6 Å². The van der Waals surface area contributed by atoms with Crippen molar-refractivity contribution in [2.45, 2.75) is 12.8 Å². The van der Waals surface area contributed by atoms with E-state index in [0.717, 1.165) is 30.1 Å². The predicted octanol–water partition coefficient (Wildman–Crippen LogP) is 1.86. The van der Waals surface area contributed by atoms with Crippen molar-refractivity contribution in [2.24, 2.45) is 0 Å². The van der Waals surface area contributed by atoms with E-state index in [2.05, 4.69) is 4.74 Å². The largest absolute Gasteiger partial charge is 0.492 e. The molecule has 0 atom stereocenters. The van der Waals surface area contributed by atoms with Crippen molar-refractivity contribution < 1.29 is 14.3 Å². The van der Waals surface area contributed by atoms with Crippen LogP contribution in [0.25, 0.3) is 0 Å². The molecule has 0 unspecified atom stereocenters. The normalized spacial score (nSPS) is 14.5. The monoisotopic (exact) mass is 198 g/mol. The summed E-state index contributed by atoms with van der Waals surface area (Å²) in [5, 5.41) is 0. The fourth-order valence-corrected chi connectivity index (χ4v) is 2.39. The fraction of sp³-hybridized carbons (Fsp3) is 0.444. The van der Waals surface area contributed by atoms with Gasteiger partial charge in [-0.05, 0) is 12.8 Å². The Bertz CT molecular complexity index is 306. The highest BCUT2D eigenvalue weighted by atomic mass is 32.1. The second-order valence-corrected chi connectivity index (χ2v) is 3.98. The first-order chi connectivity index (χ1) is 6.31. The number of aryl methyl sites for hydroxylation is 1. The minimum Gasteiger partial charge on any atom is -0.492 e. The molecule has 0 aromatic carbocycles. The van der Waals surface area contributed by atoms with E-state index in [1.165, 1.54) is 18.4 Å². The number of fused-ring (bicyclic) bond motifs is 1. The highest BCUT2D eigenvalue weighted by Gasteiger charge is 2.18. The lowest BCUT2D eigenvalue weighted by Gasteiger charge is -2.11. The third-order valence-corrected chi connectivity index (χ3v) is 3.12. The Labute approximate surface area is 80.3 Å². The summed E-state index contributed by atoms with van der Waals surface area (Å²) in [7, 11) is 1.39. The van der Waals surface area contributed by atoms with Gasteiger partial charge in [-0.1, -0.05) is 0 Å². The van der Waals surface area contributed by atoms with E-state index >= 15 is 0 Å². The average molecular weight is 198 g/mol. The molecule has 0 fully saturated rings. The number of methoxy groups -OCH3 is 1. The van der Waals surface area contributed by atoms with Crippen molar-refractivity contribution in [3.8, 4) is 5.75 Å². The van der Waals surface area contributed by atoms with Crippen molar-refractivity contribution in [1.82, 2.24) is 0 Å². The van der Waals surface area contributed by atoms with Gasteiger partial charge in [0.05, 0.1) is 13.7 Å². The fourth-order valence-electron chi connectivity index (χ4n) is 1.32. The Hall–Kier alpha value is -1.03. The van der Waals surface area contributed by atoms with Crippen molar-refractivity contribution >= 4 is 17.3 Å². The number of thiophene rings is 1. The molecule has 0 bridgehead atoms. The molecule has 3 nitrogen and oxygen atoms in total. The molecule has 0 aliphatic carbocycles. The first-order valence-electron chi connectivity index (χ1n) is 4.15. The molecule has 70 valence electrons. The molecule has 2 rings (SSSR count). The Morgan fingerprint density at radius 2 is 2.54 bits per heavy atom. The summed E-state index contributed by atoms with van der Waals surface area (Å²) in [6, 6.07) is 1.77. The summed E-state index contributed by atoms with van der Waals surface area (Å²) in [6.45, 7) is 0.754. The molecule has 0 spiro atoms. The molecule has 0 amide bonds. The van der Waals surface area contributed by atoms with Gasteiger partial charge in [-0.25, -0.2) is 4.79 Å². The van der Waals surface area contributed by atoms with Crippen molar-refractivity contribution in [3.63, 3.8) is 0 Å². The average Bonchev–Trinajstić information content (AvgIpc) is 2.59. The molecule has 0 saturated carbocycles. The van der Waals surface area contributed by atoms with E-state index < -0.39 is 0 Å². The maximum atomic E-state index is 11.2. The summed E-state index contributed by atoms with van der Waals surface area (Å²) in [5.74, 6) is 0.583. The molecule has 0 N–H and O–H groups in total. The molecule has 1 aromatic rings. The quantitative estimate of drug-likeness (QED) is 0.646. The molecule has 4 heteroatoms. The van der Waals surface area contributed by atoms with E-state index in [1.807, 2.05) is 0 Å². The van der Waals surface area contributed by atoms with Gasteiger partial charge in [0.2, 0.25) is 0 Å². The smallest absolute Gasteiger partial charge is 0.348 e. The van der Waals surface area contributed by atoms with Gasteiger partial charge < -0.3 is 9.47 Å².